The van der Waals surface area contributed by atoms with Gasteiger partial charge in [-0.25, -0.2) is 0 Å². The van der Waals surface area contributed by atoms with Crippen molar-refractivity contribution in [1.82, 2.24) is 0 Å². The molecular weight excluding hydrogens is 342 g/mol. The molecule has 0 heterocycles. The fourth-order valence-corrected chi connectivity index (χ4v) is 2.04. The lowest BCUT2D eigenvalue weighted by atomic mass is 10.00. The third-order valence-electron chi connectivity index (χ3n) is 3.17. The highest BCUT2D eigenvalue weighted by atomic mass is 16.6. The number of aromatic hydroxyl groups is 2. The van der Waals surface area contributed by atoms with Crippen LogP contribution in [0, 0.1) is 30.3 Å². The molecule has 0 atom stereocenters. The molecule has 0 bridgehead atoms. The normalized spacial score (nSPS) is 10.2. The van der Waals surface area contributed by atoms with Crippen LogP contribution in [-0.4, -0.2) is 30.8 Å². The molecular formula is C13H7N3O9. The van der Waals surface area contributed by atoms with Gasteiger partial charge in [-0.2, -0.15) is 0 Å². The summed E-state index contributed by atoms with van der Waals surface area (Å²) in [7, 11) is 0. The van der Waals surface area contributed by atoms with Crippen LogP contribution in [0.1, 0.15) is 15.9 Å². The van der Waals surface area contributed by atoms with Gasteiger partial charge in [-0.05, 0) is 0 Å². The topological polar surface area (TPSA) is 187 Å². The van der Waals surface area contributed by atoms with E-state index in [2.05, 4.69) is 0 Å². The number of carbonyl (C=O) groups excluding carboxylic acids is 1. The second-order valence-corrected chi connectivity index (χ2v) is 4.64. The van der Waals surface area contributed by atoms with E-state index in [4.69, 9.17) is 0 Å². The van der Waals surface area contributed by atoms with Gasteiger partial charge < -0.3 is 10.2 Å². The molecule has 0 fully saturated rings. The largest absolute Gasteiger partial charge is 0.501 e. The van der Waals surface area contributed by atoms with Crippen molar-refractivity contribution in [3.8, 4) is 11.5 Å². The number of phenolic OH excluding ortho intramolecular Hbond substituents is 2. The Morgan fingerprint density at radius 1 is 0.880 bits per heavy atom. The van der Waals surface area contributed by atoms with Gasteiger partial charge in [0, 0.05) is 23.8 Å². The summed E-state index contributed by atoms with van der Waals surface area (Å²) >= 11 is 0. The number of hydrogen-bond acceptors (Lipinski definition) is 9. The maximum absolute atomic E-state index is 12.4. The number of phenols is 2. The highest BCUT2D eigenvalue weighted by Crippen LogP contribution is 2.45. The third kappa shape index (κ3) is 3.03. The molecule has 0 amide bonds. The van der Waals surface area contributed by atoms with Crippen LogP contribution in [0.15, 0.2) is 30.3 Å². The molecule has 0 radical (unpaired) electrons. The SMILES string of the molecule is O=C(c1cccc([N+](=O)[O-])c1)c1cc([N+](=O)[O-])c(O)c([N+](=O)[O-])c1O. The summed E-state index contributed by atoms with van der Waals surface area (Å²) in [6, 6.07) is 4.66. The highest BCUT2D eigenvalue weighted by Gasteiger charge is 2.34. The van der Waals surface area contributed by atoms with Crippen LogP contribution in [0.2, 0.25) is 0 Å². The molecule has 0 aliphatic carbocycles. The predicted molar refractivity (Wildman–Crippen MR) is 79.6 cm³/mol. The fraction of sp³-hybridized carbons (Fsp3) is 0. The van der Waals surface area contributed by atoms with E-state index in [1.54, 1.807) is 0 Å². The first-order valence-corrected chi connectivity index (χ1v) is 6.32. The van der Waals surface area contributed by atoms with Crippen molar-refractivity contribution in [3.05, 3.63) is 71.8 Å². The molecule has 128 valence electrons. The summed E-state index contributed by atoms with van der Waals surface area (Å²) in [5, 5.41) is 52.0. The van der Waals surface area contributed by atoms with E-state index in [-0.39, 0.29) is 5.56 Å². The first-order valence-electron chi connectivity index (χ1n) is 6.32. The maximum atomic E-state index is 12.4. The zero-order valence-electron chi connectivity index (χ0n) is 12.0. The van der Waals surface area contributed by atoms with E-state index in [0.29, 0.717) is 6.07 Å². The van der Waals surface area contributed by atoms with Crippen molar-refractivity contribution in [3.63, 3.8) is 0 Å². The molecule has 0 aliphatic heterocycles. The number of non-ortho nitro benzene ring substituents is 1. The molecule has 0 spiro atoms. The Bertz CT molecular complexity index is 939. The van der Waals surface area contributed by atoms with Crippen LogP contribution < -0.4 is 0 Å². The van der Waals surface area contributed by atoms with E-state index in [1.165, 1.54) is 0 Å². The Kier molecular flexibility index (Phi) is 4.28. The highest BCUT2D eigenvalue weighted by molar-refractivity contribution is 6.12. The van der Waals surface area contributed by atoms with E-state index < -0.39 is 54.7 Å². The van der Waals surface area contributed by atoms with Gasteiger partial charge in [0.1, 0.15) is 0 Å². The van der Waals surface area contributed by atoms with Gasteiger partial charge in [0.05, 0.1) is 20.3 Å². The Balaban J connectivity index is 2.72. The van der Waals surface area contributed by atoms with E-state index >= 15 is 0 Å². The monoisotopic (exact) mass is 349 g/mol. The lowest BCUT2D eigenvalue weighted by Gasteiger charge is -2.06. The zero-order valence-corrected chi connectivity index (χ0v) is 12.0. The van der Waals surface area contributed by atoms with Crippen LogP contribution in [0.5, 0.6) is 11.5 Å². The molecule has 0 saturated carbocycles. The first-order chi connectivity index (χ1) is 11.6. The number of nitro benzene ring substituents is 3. The van der Waals surface area contributed by atoms with Gasteiger partial charge in [0.25, 0.3) is 11.4 Å². The van der Waals surface area contributed by atoms with Gasteiger partial charge in [-0.1, -0.05) is 12.1 Å². The maximum Gasteiger partial charge on any atom is 0.360 e. The summed E-state index contributed by atoms with van der Waals surface area (Å²) < 4.78 is 0. The Hall–Kier alpha value is -4.09. The molecule has 0 aromatic heterocycles. The molecule has 12 heteroatoms. The van der Waals surface area contributed by atoms with Crippen LogP contribution in [0.3, 0.4) is 0 Å². The number of nitro groups is 3. The van der Waals surface area contributed by atoms with Crippen LogP contribution in [0.4, 0.5) is 17.1 Å². The number of ketones is 1. The molecule has 0 saturated heterocycles. The Labute approximate surface area is 137 Å². The van der Waals surface area contributed by atoms with Gasteiger partial charge in [0.2, 0.25) is 5.75 Å². The van der Waals surface area contributed by atoms with E-state index in [9.17, 15) is 45.4 Å². The van der Waals surface area contributed by atoms with Crippen molar-refractivity contribution in [2.75, 3.05) is 0 Å². The quantitative estimate of drug-likeness (QED) is 0.462. The molecule has 2 rings (SSSR count). The first kappa shape index (κ1) is 17.3. The molecule has 2 aromatic carbocycles. The van der Waals surface area contributed by atoms with E-state index in [0.717, 1.165) is 24.3 Å². The summed E-state index contributed by atoms with van der Waals surface area (Å²) in [5.74, 6) is -3.83. The number of hydrogen-bond donors (Lipinski definition) is 2. The standard InChI is InChI=1S/C13H7N3O9/c17-11(6-2-1-3-7(4-6)14(20)21)8-5-9(15(22)23)13(19)10(12(8)18)16(24)25/h1-5,18-19H. The second kappa shape index (κ2) is 6.19. The minimum atomic E-state index is -1.41. The van der Waals surface area contributed by atoms with Crippen LogP contribution >= 0.6 is 0 Å². The number of rotatable bonds is 5. The molecule has 0 aliphatic rings. The number of benzene rings is 2. The Morgan fingerprint density at radius 3 is 2.04 bits per heavy atom. The van der Waals surface area contributed by atoms with Gasteiger partial charge in [0.15, 0.2) is 5.78 Å². The summed E-state index contributed by atoms with van der Waals surface area (Å²) in [5.41, 5.74) is -4.23. The fourth-order valence-electron chi connectivity index (χ4n) is 2.04. The van der Waals surface area contributed by atoms with Gasteiger partial charge in [-0.15, -0.1) is 0 Å². The molecule has 2 N–H and O–H groups in total. The number of carbonyl (C=O) groups is 1. The van der Waals surface area contributed by atoms with Crippen molar-refractivity contribution in [1.29, 1.82) is 0 Å². The third-order valence-corrected chi connectivity index (χ3v) is 3.17. The average molecular weight is 349 g/mol. The minimum absolute atomic E-state index is 0.334. The van der Waals surface area contributed by atoms with Crippen molar-refractivity contribution in [2.24, 2.45) is 0 Å². The van der Waals surface area contributed by atoms with E-state index in [1.807, 2.05) is 0 Å². The van der Waals surface area contributed by atoms with Crippen LogP contribution in [0.25, 0.3) is 0 Å². The van der Waals surface area contributed by atoms with Gasteiger partial charge >= 0.3 is 11.4 Å². The molecule has 25 heavy (non-hydrogen) atoms. The van der Waals surface area contributed by atoms with Crippen molar-refractivity contribution in [2.45, 2.75) is 0 Å². The van der Waals surface area contributed by atoms with Gasteiger partial charge in [-0.3, -0.25) is 35.1 Å². The molecule has 12 nitrogen and oxygen atoms in total. The average Bonchev–Trinajstić information content (AvgIpc) is 2.53. The van der Waals surface area contributed by atoms with Crippen molar-refractivity contribution >= 4 is 22.8 Å². The second-order valence-electron chi connectivity index (χ2n) is 4.64. The number of nitrogens with zero attached hydrogens (tertiary/aromatic N) is 3. The summed E-state index contributed by atoms with van der Waals surface area (Å²) in [6.45, 7) is 0. The summed E-state index contributed by atoms with van der Waals surface area (Å²) in [4.78, 5) is 41.7. The lowest BCUT2D eigenvalue weighted by Crippen LogP contribution is -2.06. The summed E-state index contributed by atoms with van der Waals surface area (Å²) in [6.07, 6.45) is 0. The molecule has 2 aromatic rings. The molecule has 0 unspecified atom stereocenters. The van der Waals surface area contributed by atoms with Crippen molar-refractivity contribution < 1.29 is 29.8 Å². The zero-order chi connectivity index (χ0) is 18.9. The lowest BCUT2D eigenvalue weighted by molar-refractivity contribution is -0.396. The Morgan fingerprint density at radius 2 is 1.52 bits per heavy atom. The van der Waals surface area contributed by atoms with Crippen LogP contribution in [-0.2, 0) is 0 Å². The smallest absolute Gasteiger partial charge is 0.360 e. The predicted octanol–water partition coefficient (Wildman–Crippen LogP) is 2.05. The minimum Gasteiger partial charge on any atom is -0.501 e.